The highest BCUT2D eigenvalue weighted by molar-refractivity contribution is 5.11. The molecular weight excluding hydrogens is 210 g/mol. The van der Waals surface area contributed by atoms with E-state index in [0.717, 1.165) is 24.9 Å². The van der Waals surface area contributed by atoms with Gasteiger partial charge >= 0.3 is 0 Å². The zero-order valence-corrected chi connectivity index (χ0v) is 11.3. The summed E-state index contributed by atoms with van der Waals surface area (Å²) < 4.78 is 2.17. The van der Waals surface area contributed by atoms with E-state index in [2.05, 4.69) is 42.1 Å². The van der Waals surface area contributed by atoms with E-state index in [9.17, 15) is 0 Å². The fourth-order valence-corrected chi connectivity index (χ4v) is 3.23. The molecule has 1 saturated carbocycles. The SMILES string of the molecule is CCn1nccc1C1CC(C)CCC1CNC. The first-order valence-corrected chi connectivity index (χ1v) is 6.92. The van der Waals surface area contributed by atoms with Crippen LogP contribution in [0.2, 0.25) is 0 Å². The molecule has 1 N–H and O–H groups in total. The van der Waals surface area contributed by atoms with E-state index in [4.69, 9.17) is 0 Å². The van der Waals surface area contributed by atoms with Crippen molar-refractivity contribution in [1.29, 1.82) is 0 Å². The zero-order valence-electron chi connectivity index (χ0n) is 11.3. The van der Waals surface area contributed by atoms with Crippen molar-refractivity contribution in [3.05, 3.63) is 18.0 Å². The number of aryl methyl sites for hydroxylation is 1. The van der Waals surface area contributed by atoms with Gasteiger partial charge in [0.1, 0.15) is 0 Å². The van der Waals surface area contributed by atoms with Gasteiger partial charge in [0.05, 0.1) is 0 Å². The van der Waals surface area contributed by atoms with Crippen LogP contribution in [0.4, 0.5) is 0 Å². The molecule has 3 nitrogen and oxygen atoms in total. The molecule has 1 aliphatic rings. The van der Waals surface area contributed by atoms with Gasteiger partial charge in [-0.1, -0.05) is 13.3 Å². The van der Waals surface area contributed by atoms with Crippen LogP contribution < -0.4 is 5.32 Å². The van der Waals surface area contributed by atoms with E-state index < -0.39 is 0 Å². The van der Waals surface area contributed by atoms with Crippen molar-refractivity contribution >= 4 is 0 Å². The van der Waals surface area contributed by atoms with E-state index in [1.807, 2.05) is 6.20 Å². The average Bonchev–Trinajstić information content (AvgIpc) is 2.79. The van der Waals surface area contributed by atoms with Crippen LogP contribution in [0.15, 0.2) is 12.3 Å². The van der Waals surface area contributed by atoms with Crippen molar-refractivity contribution in [2.45, 2.75) is 45.6 Å². The van der Waals surface area contributed by atoms with E-state index in [0.29, 0.717) is 5.92 Å². The standard InChI is InChI=1S/C14H25N3/c1-4-17-14(7-8-16-17)13-9-11(2)5-6-12(13)10-15-3/h7-8,11-13,15H,4-6,9-10H2,1-3H3. The highest BCUT2D eigenvalue weighted by Crippen LogP contribution is 2.40. The van der Waals surface area contributed by atoms with E-state index in [-0.39, 0.29) is 0 Å². The summed E-state index contributed by atoms with van der Waals surface area (Å²) in [5, 5.41) is 7.78. The Labute approximate surface area is 105 Å². The van der Waals surface area contributed by atoms with Crippen LogP contribution in [0, 0.1) is 11.8 Å². The van der Waals surface area contributed by atoms with Gasteiger partial charge in [0.15, 0.2) is 0 Å². The van der Waals surface area contributed by atoms with E-state index in [1.165, 1.54) is 25.0 Å². The van der Waals surface area contributed by atoms with Gasteiger partial charge in [-0.3, -0.25) is 4.68 Å². The van der Waals surface area contributed by atoms with Crippen molar-refractivity contribution in [1.82, 2.24) is 15.1 Å². The maximum Gasteiger partial charge on any atom is 0.0492 e. The van der Waals surface area contributed by atoms with Crippen molar-refractivity contribution in [3.63, 3.8) is 0 Å². The maximum atomic E-state index is 4.43. The maximum absolute atomic E-state index is 4.43. The highest BCUT2D eigenvalue weighted by Gasteiger charge is 2.31. The zero-order chi connectivity index (χ0) is 12.3. The second-order valence-corrected chi connectivity index (χ2v) is 5.41. The van der Waals surface area contributed by atoms with Crippen LogP contribution in [-0.4, -0.2) is 23.4 Å². The molecule has 3 atom stereocenters. The van der Waals surface area contributed by atoms with Crippen LogP contribution in [0.25, 0.3) is 0 Å². The topological polar surface area (TPSA) is 29.9 Å². The Hall–Kier alpha value is -0.830. The monoisotopic (exact) mass is 235 g/mol. The molecule has 0 amide bonds. The molecular formula is C14H25N3. The minimum absolute atomic E-state index is 0.689. The Kier molecular flexibility index (Phi) is 4.21. The molecule has 3 unspecified atom stereocenters. The number of aromatic nitrogens is 2. The van der Waals surface area contributed by atoms with Crippen LogP contribution >= 0.6 is 0 Å². The van der Waals surface area contributed by atoms with Gasteiger partial charge in [0.25, 0.3) is 0 Å². The molecule has 96 valence electrons. The minimum atomic E-state index is 0.689. The van der Waals surface area contributed by atoms with Crippen molar-refractivity contribution in [2.75, 3.05) is 13.6 Å². The van der Waals surface area contributed by atoms with Gasteiger partial charge in [-0.05, 0) is 51.3 Å². The van der Waals surface area contributed by atoms with E-state index >= 15 is 0 Å². The second-order valence-electron chi connectivity index (χ2n) is 5.41. The van der Waals surface area contributed by atoms with Gasteiger partial charge in [0, 0.05) is 24.4 Å². The summed E-state index contributed by atoms with van der Waals surface area (Å²) in [5.41, 5.74) is 1.44. The Bertz CT molecular complexity index is 345. The van der Waals surface area contributed by atoms with Crippen LogP contribution in [0.5, 0.6) is 0 Å². The molecule has 1 heterocycles. The highest BCUT2D eigenvalue weighted by atomic mass is 15.3. The smallest absolute Gasteiger partial charge is 0.0492 e. The van der Waals surface area contributed by atoms with Gasteiger partial charge in [0.2, 0.25) is 0 Å². The van der Waals surface area contributed by atoms with Gasteiger partial charge in [-0.2, -0.15) is 5.10 Å². The van der Waals surface area contributed by atoms with Crippen molar-refractivity contribution < 1.29 is 0 Å². The van der Waals surface area contributed by atoms with Crippen LogP contribution in [-0.2, 0) is 6.54 Å². The predicted molar refractivity (Wildman–Crippen MR) is 71.1 cm³/mol. The van der Waals surface area contributed by atoms with Gasteiger partial charge in [-0.15, -0.1) is 0 Å². The normalized spacial score (nSPS) is 29.5. The molecule has 1 aliphatic carbocycles. The molecule has 1 aromatic heterocycles. The Morgan fingerprint density at radius 2 is 2.29 bits per heavy atom. The number of hydrogen-bond donors (Lipinski definition) is 1. The lowest BCUT2D eigenvalue weighted by molar-refractivity contribution is 0.236. The third-order valence-electron chi connectivity index (χ3n) is 4.15. The summed E-state index contributed by atoms with van der Waals surface area (Å²) in [6.45, 7) is 6.68. The quantitative estimate of drug-likeness (QED) is 0.869. The lowest BCUT2D eigenvalue weighted by atomic mass is 9.73. The summed E-state index contributed by atoms with van der Waals surface area (Å²) in [6, 6.07) is 2.22. The number of nitrogens with one attached hydrogen (secondary N) is 1. The molecule has 0 bridgehead atoms. The second kappa shape index (κ2) is 5.67. The summed E-state index contributed by atoms with van der Waals surface area (Å²) in [5.74, 6) is 2.32. The van der Waals surface area contributed by atoms with Crippen LogP contribution in [0.3, 0.4) is 0 Å². The molecule has 17 heavy (non-hydrogen) atoms. The van der Waals surface area contributed by atoms with E-state index in [1.54, 1.807) is 0 Å². The fraction of sp³-hybridized carbons (Fsp3) is 0.786. The molecule has 1 fully saturated rings. The molecule has 1 aromatic rings. The molecule has 2 rings (SSSR count). The van der Waals surface area contributed by atoms with Crippen molar-refractivity contribution in [2.24, 2.45) is 11.8 Å². The van der Waals surface area contributed by atoms with Gasteiger partial charge < -0.3 is 5.32 Å². The third-order valence-corrected chi connectivity index (χ3v) is 4.15. The summed E-state index contributed by atoms with van der Waals surface area (Å²) in [6.07, 6.45) is 6.00. The lowest BCUT2D eigenvalue weighted by Crippen LogP contribution is -2.31. The first-order chi connectivity index (χ1) is 8.26. The van der Waals surface area contributed by atoms with Gasteiger partial charge in [-0.25, -0.2) is 0 Å². The summed E-state index contributed by atoms with van der Waals surface area (Å²) in [7, 11) is 2.06. The summed E-state index contributed by atoms with van der Waals surface area (Å²) >= 11 is 0. The van der Waals surface area contributed by atoms with Crippen molar-refractivity contribution in [3.8, 4) is 0 Å². The minimum Gasteiger partial charge on any atom is -0.319 e. The molecule has 3 heteroatoms. The molecule has 0 saturated heterocycles. The number of hydrogen-bond acceptors (Lipinski definition) is 2. The Morgan fingerprint density at radius 3 is 3.00 bits per heavy atom. The Balaban J connectivity index is 2.19. The first kappa shape index (κ1) is 12.6. The third kappa shape index (κ3) is 2.71. The predicted octanol–water partition coefficient (Wildman–Crippen LogP) is 2.64. The Morgan fingerprint density at radius 1 is 1.47 bits per heavy atom. The summed E-state index contributed by atoms with van der Waals surface area (Å²) in [4.78, 5) is 0. The average molecular weight is 235 g/mol. The fourth-order valence-electron chi connectivity index (χ4n) is 3.23. The van der Waals surface area contributed by atoms with Crippen LogP contribution in [0.1, 0.15) is 44.7 Å². The lowest BCUT2D eigenvalue weighted by Gasteiger charge is -2.35. The molecule has 0 aromatic carbocycles. The number of rotatable bonds is 4. The number of nitrogens with zero attached hydrogens (tertiary/aromatic N) is 2. The molecule has 0 spiro atoms. The largest absolute Gasteiger partial charge is 0.319 e. The first-order valence-electron chi connectivity index (χ1n) is 6.92. The molecule has 0 radical (unpaired) electrons. The molecule has 0 aliphatic heterocycles.